The highest BCUT2D eigenvalue weighted by Gasteiger charge is 2.33. The number of benzene rings is 1. The second kappa shape index (κ2) is 7.63. The number of sulfone groups is 1. The molecule has 1 aliphatic rings. The molecule has 140 valence electrons. The van der Waals surface area contributed by atoms with Crippen LogP contribution in [0.5, 0.6) is 0 Å². The number of furan rings is 1. The molecule has 0 saturated carbocycles. The lowest BCUT2D eigenvalue weighted by atomic mass is 10.1. The first-order valence-electron chi connectivity index (χ1n) is 8.67. The summed E-state index contributed by atoms with van der Waals surface area (Å²) in [5.74, 6) is 0.818. The van der Waals surface area contributed by atoms with Crippen molar-refractivity contribution in [1.29, 1.82) is 0 Å². The van der Waals surface area contributed by atoms with Crippen LogP contribution in [0.15, 0.2) is 41.0 Å². The van der Waals surface area contributed by atoms with Crippen molar-refractivity contribution in [1.82, 2.24) is 4.90 Å². The molecule has 6 nitrogen and oxygen atoms in total. The molecule has 1 N–H and O–H groups in total. The SMILES string of the molecule is Cc1cccc(NC(=O)CN(Cc2ccco2)[C@H]2CCS(=O)(=O)C2)c1C. The Balaban J connectivity index is 1.72. The fraction of sp³-hybridized carbons (Fsp3) is 0.421. The molecular weight excluding hydrogens is 352 g/mol. The second-order valence-electron chi connectivity index (χ2n) is 6.84. The number of nitrogens with zero attached hydrogens (tertiary/aromatic N) is 1. The Hall–Kier alpha value is -2.12. The predicted molar refractivity (Wildman–Crippen MR) is 101 cm³/mol. The van der Waals surface area contributed by atoms with Gasteiger partial charge in [0.2, 0.25) is 5.91 Å². The molecule has 0 spiro atoms. The molecular formula is C19H24N2O4S. The van der Waals surface area contributed by atoms with E-state index in [0.717, 1.165) is 16.8 Å². The van der Waals surface area contributed by atoms with Crippen LogP contribution in [-0.4, -0.2) is 43.3 Å². The molecule has 26 heavy (non-hydrogen) atoms. The molecule has 0 unspecified atom stereocenters. The fourth-order valence-corrected chi connectivity index (χ4v) is 5.00. The topological polar surface area (TPSA) is 79.6 Å². The Morgan fingerprint density at radius 3 is 2.73 bits per heavy atom. The van der Waals surface area contributed by atoms with E-state index in [1.54, 1.807) is 12.3 Å². The zero-order valence-corrected chi connectivity index (χ0v) is 15.9. The number of rotatable bonds is 6. The van der Waals surface area contributed by atoms with E-state index in [9.17, 15) is 13.2 Å². The number of amides is 1. The second-order valence-corrected chi connectivity index (χ2v) is 9.07. The standard InChI is InChI=1S/C19H24N2O4S/c1-14-5-3-7-18(15(14)2)20-19(22)12-21(11-17-6-4-9-25-17)16-8-10-26(23,24)13-16/h3-7,9,16H,8,10-13H2,1-2H3,(H,20,22)/t16-/m0/s1. The Kier molecular flexibility index (Phi) is 5.48. The minimum Gasteiger partial charge on any atom is -0.468 e. The summed E-state index contributed by atoms with van der Waals surface area (Å²) in [7, 11) is -3.03. The largest absolute Gasteiger partial charge is 0.468 e. The van der Waals surface area contributed by atoms with Crippen molar-refractivity contribution >= 4 is 21.4 Å². The summed E-state index contributed by atoms with van der Waals surface area (Å²) in [6, 6.07) is 9.22. The molecule has 1 amide bonds. The average molecular weight is 376 g/mol. The van der Waals surface area contributed by atoms with Crippen molar-refractivity contribution in [3.8, 4) is 0 Å². The van der Waals surface area contributed by atoms with Crippen molar-refractivity contribution in [2.24, 2.45) is 0 Å². The monoisotopic (exact) mass is 376 g/mol. The first-order chi connectivity index (χ1) is 12.3. The molecule has 0 radical (unpaired) electrons. The van der Waals surface area contributed by atoms with Gasteiger partial charge in [0.15, 0.2) is 9.84 Å². The molecule has 2 heterocycles. The van der Waals surface area contributed by atoms with Gasteiger partial charge >= 0.3 is 0 Å². The minimum absolute atomic E-state index is 0.0878. The van der Waals surface area contributed by atoms with Gasteiger partial charge in [-0.05, 0) is 49.6 Å². The lowest BCUT2D eigenvalue weighted by Gasteiger charge is -2.26. The van der Waals surface area contributed by atoms with Crippen LogP contribution < -0.4 is 5.32 Å². The van der Waals surface area contributed by atoms with Gasteiger partial charge in [-0.25, -0.2) is 8.42 Å². The zero-order chi connectivity index (χ0) is 18.7. The van der Waals surface area contributed by atoms with E-state index in [1.165, 1.54) is 0 Å². The van der Waals surface area contributed by atoms with Crippen LogP contribution in [0.4, 0.5) is 5.69 Å². The molecule has 1 aliphatic heterocycles. The summed E-state index contributed by atoms with van der Waals surface area (Å²) < 4.78 is 29.1. The Morgan fingerprint density at radius 2 is 2.08 bits per heavy atom. The highest BCUT2D eigenvalue weighted by atomic mass is 32.2. The van der Waals surface area contributed by atoms with Crippen molar-refractivity contribution in [3.05, 3.63) is 53.5 Å². The quantitative estimate of drug-likeness (QED) is 0.838. The van der Waals surface area contributed by atoms with Gasteiger partial charge in [-0.3, -0.25) is 9.69 Å². The molecule has 1 saturated heterocycles. The van der Waals surface area contributed by atoms with Crippen molar-refractivity contribution < 1.29 is 17.6 Å². The van der Waals surface area contributed by atoms with E-state index in [0.29, 0.717) is 18.7 Å². The van der Waals surface area contributed by atoms with E-state index < -0.39 is 9.84 Å². The van der Waals surface area contributed by atoms with E-state index >= 15 is 0 Å². The summed E-state index contributed by atoms with van der Waals surface area (Å²) in [6.45, 7) is 4.49. The van der Waals surface area contributed by atoms with Crippen LogP contribution in [0.25, 0.3) is 0 Å². The van der Waals surface area contributed by atoms with Crippen molar-refractivity contribution in [3.63, 3.8) is 0 Å². The normalized spacial score (nSPS) is 19.0. The minimum atomic E-state index is -3.03. The summed E-state index contributed by atoms with van der Waals surface area (Å²) >= 11 is 0. The zero-order valence-electron chi connectivity index (χ0n) is 15.1. The van der Waals surface area contributed by atoms with E-state index in [4.69, 9.17) is 4.42 Å². The van der Waals surface area contributed by atoms with Crippen LogP contribution in [0.3, 0.4) is 0 Å². The molecule has 7 heteroatoms. The molecule has 0 aliphatic carbocycles. The summed E-state index contributed by atoms with van der Waals surface area (Å²) in [5.41, 5.74) is 2.92. The third-order valence-electron chi connectivity index (χ3n) is 4.89. The van der Waals surface area contributed by atoms with Crippen LogP contribution >= 0.6 is 0 Å². The number of nitrogens with one attached hydrogen (secondary N) is 1. The highest BCUT2D eigenvalue weighted by molar-refractivity contribution is 7.91. The molecule has 3 rings (SSSR count). The van der Waals surface area contributed by atoms with Gasteiger partial charge in [0.05, 0.1) is 30.9 Å². The first-order valence-corrected chi connectivity index (χ1v) is 10.5. The Labute approximate surface area is 154 Å². The van der Waals surface area contributed by atoms with Gasteiger partial charge in [-0.2, -0.15) is 0 Å². The van der Waals surface area contributed by atoms with Gasteiger partial charge in [0, 0.05) is 11.7 Å². The van der Waals surface area contributed by atoms with E-state index in [1.807, 2.05) is 43.0 Å². The number of hydrogen-bond acceptors (Lipinski definition) is 5. The molecule has 0 bridgehead atoms. The summed E-state index contributed by atoms with van der Waals surface area (Å²) in [6.07, 6.45) is 2.12. The summed E-state index contributed by atoms with van der Waals surface area (Å²) in [5, 5.41) is 2.94. The van der Waals surface area contributed by atoms with Gasteiger partial charge in [0.1, 0.15) is 5.76 Å². The van der Waals surface area contributed by atoms with Crippen LogP contribution in [-0.2, 0) is 21.2 Å². The fourth-order valence-electron chi connectivity index (χ4n) is 3.24. The number of anilines is 1. The van der Waals surface area contributed by atoms with Crippen LogP contribution in [0, 0.1) is 13.8 Å². The third kappa shape index (κ3) is 4.53. The number of hydrogen-bond donors (Lipinski definition) is 1. The maximum atomic E-state index is 12.6. The average Bonchev–Trinajstić information content (AvgIpc) is 3.20. The van der Waals surface area contributed by atoms with Crippen molar-refractivity contribution in [2.75, 3.05) is 23.4 Å². The smallest absolute Gasteiger partial charge is 0.238 e. The first kappa shape index (κ1) is 18.7. The van der Waals surface area contributed by atoms with E-state index in [2.05, 4.69) is 5.32 Å². The Morgan fingerprint density at radius 1 is 1.27 bits per heavy atom. The number of carbonyl (C=O) groups is 1. The maximum absolute atomic E-state index is 12.6. The van der Waals surface area contributed by atoms with E-state index in [-0.39, 0.29) is 30.0 Å². The van der Waals surface area contributed by atoms with Crippen molar-refractivity contribution in [2.45, 2.75) is 32.9 Å². The number of aryl methyl sites for hydroxylation is 1. The van der Waals surface area contributed by atoms with Gasteiger partial charge in [-0.15, -0.1) is 0 Å². The molecule has 1 aromatic heterocycles. The molecule has 2 aromatic rings. The Bertz CT molecular complexity index is 875. The molecule has 1 fully saturated rings. The summed E-state index contributed by atoms with van der Waals surface area (Å²) in [4.78, 5) is 14.5. The lowest BCUT2D eigenvalue weighted by molar-refractivity contribution is -0.118. The number of carbonyl (C=O) groups excluding carboxylic acids is 1. The van der Waals surface area contributed by atoms with Gasteiger partial charge < -0.3 is 9.73 Å². The lowest BCUT2D eigenvalue weighted by Crippen LogP contribution is -2.41. The maximum Gasteiger partial charge on any atom is 0.238 e. The van der Waals surface area contributed by atoms with Crippen LogP contribution in [0.2, 0.25) is 0 Å². The third-order valence-corrected chi connectivity index (χ3v) is 6.64. The molecule has 1 atom stereocenters. The predicted octanol–water partition coefficient (Wildman–Crippen LogP) is 2.52. The molecule has 1 aromatic carbocycles. The van der Waals surface area contributed by atoms with Gasteiger partial charge in [0.25, 0.3) is 0 Å². The van der Waals surface area contributed by atoms with Gasteiger partial charge in [-0.1, -0.05) is 12.1 Å². The highest BCUT2D eigenvalue weighted by Crippen LogP contribution is 2.21. The van der Waals surface area contributed by atoms with Crippen LogP contribution in [0.1, 0.15) is 23.3 Å².